The first-order valence-electron chi connectivity index (χ1n) is 15.9. The Morgan fingerprint density at radius 1 is 0.956 bits per heavy atom. The first kappa shape index (κ1) is 30.8. The van der Waals surface area contributed by atoms with Crippen LogP contribution in [0.5, 0.6) is 5.75 Å². The van der Waals surface area contributed by atoms with Gasteiger partial charge in [-0.1, -0.05) is 48.5 Å². The third-order valence-electron chi connectivity index (χ3n) is 8.65. The summed E-state index contributed by atoms with van der Waals surface area (Å²) in [5.41, 5.74) is 2.81. The molecule has 2 aliphatic rings. The van der Waals surface area contributed by atoms with E-state index < -0.39 is 6.29 Å². The average Bonchev–Trinajstić information content (AvgIpc) is 3.10. The number of para-hydroxylation sites is 3. The van der Waals surface area contributed by atoms with Gasteiger partial charge in [-0.2, -0.15) is 0 Å². The number of carbonyl (C=O) groups excluding carboxylic acids is 1. The Morgan fingerprint density at radius 3 is 2.49 bits per heavy atom. The van der Waals surface area contributed by atoms with E-state index in [2.05, 4.69) is 15.9 Å². The Labute approximate surface area is 263 Å². The fourth-order valence-corrected chi connectivity index (χ4v) is 6.16. The van der Waals surface area contributed by atoms with E-state index in [1.165, 1.54) is 5.06 Å². The summed E-state index contributed by atoms with van der Waals surface area (Å²) in [6.45, 7) is 7.18. The molecule has 2 aliphatic heterocycles. The second-order valence-electron chi connectivity index (χ2n) is 11.6. The summed E-state index contributed by atoms with van der Waals surface area (Å²) in [6.07, 6.45) is 2.90. The molecule has 45 heavy (non-hydrogen) atoms. The Kier molecular flexibility index (Phi) is 9.78. The van der Waals surface area contributed by atoms with Crippen LogP contribution in [0.3, 0.4) is 0 Å². The van der Waals surface area contributed by atoms with Crippen molar-refractivity contribution in [3.63, 3.8) is 0 Å². The Hall–Kier alpha value is -4.18. The number of methoxy groups -OCH3 is 1. The van der Waals surface area contributed by atoms with Crippen LogP contribution in [0.4, 0.5) is 5.69 Å². The van der Waals surface area contributed by atoms with Gasteiger partial charge < -0.3 is 18.8 Å². The van der Waals surface area contributed by atoms with Crippen molar-refractivity contribution in [1.82, 2.24) is 9.96 Å². The third kappa shape index (κ3) is 6.91. The van der Waals surface area contributed by atoms with E-state index in [-0.39, 0.29) is 16.9 Å². The zero-order chi connectivity index (χ0) is 31.2. The van der Waals surface area contributed by atoms with E-state index in [4.69, 9.17) is 18.7 Å². The largest absolute Gasteiger partial charge is 0.495 e. The van der Waals surface area contributed by atoms with Gasteiger partial charge in [0.2, 0.25) is 0 Å². The highest BCUT2D eigenvalue weighted by molar-refractivity contribution is 6.04. The van der Waals surface area contributed by atoms with Crippen LogP contribution in [0.2, 0.25) is 0 Å². The van der Waals surface area contributed by atoms with Crippen molar-refractivity contribution < 1.29 is 23.5 Å². The summed E-state index contributed by atoms with van der Waals surface area (Å²) in [4.78, 5) is 38.6. The van der Waals surface area contributed by atoms with Crippen molar-refractivity contribution >= 4 is 22.6 Å². The molecule has 9 heteroatoms. The van der Waals surface area contributed by atoms with Crippen LogP contribution in [-0.2, 0) is 9.57 Å². The lowest BCUT2D eigenvalue weighted by atomic mass is 10.0. The molecule has 0 radical (unpaired) electrons. The molecule has 236 valence electrons. The highest BCUT2D eigenvalue weighted by Crippen LogP contribution is 2.30. The lowest BCUT2D eigenvalue weighted by molar-refractivity contribution is -0.267. The molecule has 9 nitrogen and oxygen atoms in total. The second kappa shape index (κ2) is 14.3. The number of amides is 1. The van der Waals surface area contributed by atoms with Crippen molar-refractivity contribution in [3.05, 3.63) is 94.1 Å². The summed E-state index contributed by atoms with van der Waals surface area (Å²) < 4.78 is 17.8. The van der Waals surface area contributed by atoms with Gasteiger partial charge in [0.25, 0.3) is 5.91 Å². The van der Waals surface area contributed by atoms with E-state index in [0.717, 1.165) is 75.4 Å². The lowest BCUT2D eigenvalue weighted by Gasteiger charge is -2.37. The summed E-state index contributed by atoms with van der Waals surface area (Å²) in [6, 6.07) is 22.8. The molecule has 0 spiro atoms. The van der Waals surface area contributed by atoms with Crippen LogP contribution in [-0.4, -0.2) is 75.1 Å². The number of piperazine rings is 1. The molecule has 1 aromatic heterocycles. The molecule has 0 N–H and O–H groups in total. The second-order valence-corrected chi connectivity index (χ2v) is 11.6. The van der Waals surface area contributed by atoms with Crippen molar-refractivity contribution in [3.8, 4) is 17.1 Å². The van der Waals surface area contributed by atoms with Gasteiger partial charge in [0, 0.05) is 56.9 Å². The third-order valence-corrected chi connectivity index (χ3v) is 8.65. The predicted molar refractivity (Wildman–Crippen MR) is 175 cm³/mol. The molecule has 0 aliphatic carbocycles. The minimum absolute atomic E-state index is 0.153. The highest BCUT2D eigenvalue weighted by atomic mass is 16.8. The molecule has 1 amide bonds. The number of fused-ring (bicyclic) bond motifs is 1. The molecule has 1 atom stereocenters. The van der Waals surface area contributed by atoms with Crippen LogP contribution in [0.15, 0.2) is 82.0 Å². The molecule has 0 bridgehead atoms. The van der Waals surface area contributed by atoms with E-state index in [9.17, 15) is 9.59 Å². The molecule has 2 saturated heterocycles. The van der Waals surface area contributed by atoms with Crippen molar-refractivity contribution in [2.24, 2.45) is 0 Å². The molecule has 1 unspecified atom stereocenters. The molecule has 4 aromatic rings. The number of rotatable bonds is 10. The number of benzene rings is 3. The first-order chi connectivity index (χ1) is 22.0. The maximum absolute atomic E-state index is 14.2. The minimum atomic E-state index is -0.490. The first-order valence-corrected chi connectivity index (χ1v) is 15.9. The lowest BCUT2D eigenvalue weighted by Crippen LogP contribution is -2.47. The van der Waals surface area contributed by atoms with Crippen molar-refractivity contribution in [2.75, 3.05) is 57.9 Å². The summed E-state index contributed by atoms with van der Waals surface area (Å²) >= 11 is 0. The number of hydrogen-bond donors (Lipinski definition) is 0. The average molecular weight is 612 g/mol. The number of hydrogen-bond acceptors (Lipinski definition) is 8. The van der Waals surface area contributed by atoms with Crippen LogP contribution in [0.25, 0.3) is 22.3 Å². The van der Waals surface area contributed by atoms with Gasteiger partial charge in [-0.15, -0.1) is 0 Å². The van der Waals surface area contributed by atoms with Crippen LogP contribution in [0, 0.1) is 6.92 Å². The fraction of sp³-hybridized carbons (Fsp3) is 0.389. The minimum Gasteiger partial charge on any atom is -0.495 e. The fourth-order valence-electron chi connectivity index (χ4n) is 6.16. The van der Waals surface area contributed by atoms with Gasteiger partial charge in [0.05, 0.1) is 30.3 Å². The monoisotopic (exact) mass is 611 g/mol. The van der Waals surface area contributed by atoms with Crippen LogP contribution in [0.1, 0.15) is 41.6 Å². The van der Waals surface area contributed by atoms with Crippen molar-refractivity contribution in [2.45, 2.75) is 38.9 Å². The van der Waals surface area contributed by atoms with Gasteiger partial charge in [-0.25, -0.2) is 9.90 Å². The SMILES string of the molecule is COc1ccccc1N1CCN(CCCN(OC2CCCCO2)C(=O)c2cccc3c(=O)c(C)c(-c4ccccc4)oc23)CC1. The van der Waals surface area contributed by atoms with E-state index in [1.54, 1.807) is 32.2 Å². The van der Waals surface area contributed by atoms with Gasteiger partial charge in [-0.05, 0) is 50.5 Å². The molecular formula is C36H41N3O6. The van der Waals surface area contributed by atoms with Crippen LogP contribution >= 0.6 is 0 Å². The number of carbonyl (C=O) groups is 1. The summed E-state index contributed by atoms with van der Waals surface area (Å²) in [7, 11) is 1.71. The molecule has 3 aromatic carbocycles. The van der Waals surface area contributed by atoms with Gasteiger partial charge in [0.1, 0.15) is 11.5 Å². The zero-order valence-electron chi connectivity index (χ0n) is 26.1. The molecule has 3 heterocycles. The summed E-state index contributed by atoms with van der Waals surface area (Å²) in [5, 5.41) is 1.79. The van der Waals surface area contributed by atoms with Crippen LogP contribution < -0.4 is 15.1 Å². The molecular weight excluding hydrogens is 570 g/mol. The van der Waals surface area contributed by atoms with Crippen molar-refractivity contribution in [1.29, 1.82) is 0 Å². The smallest absolute Gasteiger partial charge is 0.281 e. The number of anilines is 1. The van der Waals surface area contributed by atoms with E-state index in [1.807, 2.05) is 48.5 Å². The Morgan fingerprint density at radius 2 is 1.73 bits per heavy atom. The number of ether oxygens (including phenoxy) is 2. The Bertz CT molecular complexity index is 1660. The number of nitrogens with zero attached hydrogens (tertiary/aromatic N) is 3. The number of hydroxylamine groups is 2. The predicted octanol–water partition coefficient (Wildman–Crippen LogP) is 5.89. The molecule has 0 saturated carbocycles. The normalized spacial score (nSPS) is 17.4. The van der Waals surface area contributed by atoms with E-state index >= 15 is 0 Å². The maximum atomic E-state index is 14.2. The van der Waals surface area contributed by atoms with Gasteiger partial charge in [0.15, 0.2) is 17.3 Å². The molecule has 6 rings (SSSR count). The highest BCUT2D eigenvalue weighted by Gasteiger charge is 2.27. The quantitative estimate of drug-likeness (QED) is 0.205. The molecule has 2 fully saturated rings. The Balaban J connectivity index is 1.19. The van der Waals surface area contributed by atoms with Gasteiger partial charge in [-0.3, -0.25) is 14.5 Å². The summed E-state index contributed by atoms with van der Waals surface area (Å²) in [5.74, 6) is 1.00. The topological polar surface area (TPSA) is 84.7 Å². The zero-order valence-corrected chi connectivity index (χ0v) is 26.1. The van der Waals surface area contributed by atoms with Gasteiger partial charge >= 0.3 is 0 Å². The standard InChI is InChI=1S/C36H41N3O6/c1-26-33(40)28-14-10-15-29(35(28)44-34(26)27-12-4-3-5-13-27)36(41)39(45-32-18-8-9-25-43-32)20-11-19-37-21-23-38(24-22-37)30-16-6-7-17-31(30)42-2/h3-7,10,12-17,32H,8-9,11,18-25H2,1-2H3. The maximum Gasteiger partial charge on any atom is 0.281 e. The van der Waals surface area contributed by atoms with E-state index in [0.29, 0.717) is 35.4 Å².